The van der Waals surface area contributed by atoms with E-state index in [1.54, 1.807) is 17.8 Å². The summed E-state index contributed by atoms with van der Waals surface area (Å²) >= 11 is 1.69. The van der Waals surface area contributed by atoms with Crippen LogP contribution in [0.15, 0.2) is 53.6 Å². The minimum atomic E-state index is -1.54. The number of hydrogen-bond acceptors (Lipinski definition) is 9. The third-order valence-electron chi connectivity index (χ3n) is 5.61. The molecule has 33 heavy (non-hydrogen) atoms. The first-order chi connectivity index (χ1) is 16.0. The highest BCUT2D eigenvalue weighted by atomic mass is 32.2. The number of aliphatic hydroxyl groups is 4. The summed E-state index contributed by atoms with van der Waals surface area (Å²) in [4.78, 5) is 15.3. The van der Waals surface area contributed by atoms with E-state index in [-0.39, 0.29) is 6.61 Å². The zero-order chi connectivity index (χ0) is 23.4. The molecule has 3 aromatic rings. The van der Waals surface area contributed by atoms with Crippen molar-refractivity contribution in [3.63, 3.8) is 0 Å². The molecule has 10 heteroatoms. The van der Waals surface area contributed by atoms with Crippen molar-refractivity contribution < 1.29 is 39.7 Å². The molecule has 5 N–H and O–H groups in total. The number of ether oxygens (including phenoxy) is 2. The Morgan fingerprint density at radius 2 is 1.85 bits per heavy atom. The second kappa shape index (κ2) is 10.9. The Morgan fingerprint density at radius 1 is 1.06 bits per heavy atom. The lowest BCUT2D eigenvalue weighted by molar-refractivity contribution is -0.324. The van der Waals surface area contributed by atoms with Gasteiger partial charge < -0.3 is 39.8 Å². The van der Waals surface area contributed by atoms with Gasteiger partial charge in [0.25, 0.3) is 0 Å². The number of H-pyrrole nitrogens is 1. The Bertz CT molecular complexity index is 1040. The van der Waals surface area contributed by atoms with Crippen molar-refractivity contribution in [2.45, 2.75) is 42.0 Å². The van der Waals surface area contributed by atoms with Crippen molar-refractivity contribution in [2.75, 3.05) is 19.7 Å². The smallest absolute Gasteiger partial charge is 0.184 e. The first kappa shape index (κ1) is 24.0. The van der Waals surface area contributed by atoms with Crippen molar-refractivity contribution in [1.82, 2.24) is 4.98 Å². The summed E-state index contributed by atoms with van der Waals surface area (Å²) < 4.78 is 10.1. The van der Waals surface area contributed by atoms with E-state index in [0.717, 1.165) is 22.0 Å². The fourth-order valence-corrected chi connectivity index (χ4v) is 4.29. The van der Waals surface area contributed by atoms with Gasteiger partial charge in [0.2, 0.25) is 0 Å². The van der Waals surface area contributed by atoms with Crippen LogP contribution in [0.25, 0.3) is 10.9 Å². The molecule has 1 fully saturated rings. The number of fused-ring (bicyclic) bond motifs is 1. The molecule has 1 aliphatic heterocycles. The van der Waals surface area contributed by atoms with Crippen molar-refractivity contribution in [3.8, 4) is 5.75 Å². The van der Waals surface area contributed by atoms with Gasteiger partial charge in [-0.3, -0.25) is 0 Å². The van der Waals surface area contributed by atoms with Crippen molar-refractivity contribution in [3.05, 3.63) is 59.8 Å². The molecule has 0 spiro atoms. The number of rotatable bonds is 9. The van der Waals surface area contributed by atoms with E-state index >= 15 is 0 Å². The number of hydrogen-bond donors (Lipinski definition) is 5. The zero-order valence-corrected chi connectivity index (χ0v) is 18.8. The van der Waals surface area contributed by atoms with Crippen LogP contribution < -0.4 is 4.89 Å². The molecular formula is C23H27NO8S. The Morgan fingerprint density at radius 3 is 2.58 bits per heavy atom. The first-order valence-electron chi connectivity index (χ1n) is 10.4. The molecule has 0 amide bonds. The average Bonchev–Trinajstić information content (AvgIpc) is 3.24. The van der Waals surface area contributed by atoms with Crippen LogP contribution in [0.4, 0.5) is 0 Å². The van der Waals surface area contributed by atoms with Crippen LogP contribution in [-0.4, -0.2) is 75.8 Å². The Hall–Kier alpha value is -2.15. The number of aromatic amines is 1. The summed E-state index contributed by atoms with van der Waals surface area (Å²) in [5.74, 6) is 0.484. The van der Waals surface area contributed by atoms with Crippen LogP contribution in [0.5, 0.6) is 5.75 Å². The average molecular weight is 478 g/mol. The van der Waals surface area contributed by atoms with Crippen LogP contribution >= 0.6 is 11.8 Å². The SMILES string of the molecule is CSc1ccc(Cc2c[nH]c3cccc(OOC[C@H]4O[C@@H](O)[C@H](OCO)[C@@H](O)[C@@H]4O)c23)cc1. The van der Waals surface area contributed by atoms with E-state index in [1.165, 1.54) is 4.90 Å². The molecule has 1 aliphatic rings. The molecule has 0 aliphatic carbocycles. The first-order valence-corrected chi connectivity index (χ1v) is 11.7. The summed E-state index contributed by atoms with van der Waals surface area (Å²) in [7, 11) is 0. The van der Waals surface area contributed by atoms with Gasteiger partial charge in [0, 0.05) is 22.0 Å². The predicted octanol–water partition coefficient (Wildman–Crippen LogP) is 1.56. The normalized spacial score (nSPS) is 25.4. The highest BCUT2D eigenvalue weighted by molar-refractivity contribution is 7.98. The van der Waals surface area contributed by atoms with E-state index in [9.17, 15) is 15.3 Å². The van der Waals surface area contributed by atoms with Gasteiger partial charge in [-0.15, -0.1) is 11.8 Å². The van der Waals surface area contributed by atoms with Gasteiger partial charge in [-0.25, -0.2) is 0 Å². The number of aliphatic hydroxyl groups excluding tert-OH is 4. The van der Waals surface area contributed by atoms with Crippen LogP contribution in [-0.2, 0) is 20.8 Å². The summed E-state index contributed by atoms with van der Waals surface area (Å²) in [6.07, 6.45) is -2.08. The lowest BCUT2D eigenvalue weighted by Gasteiger charge is -2.39. The van der Waals surface area contributed by atoms with Gasteiger partial charge in [-0.05, 0) is 48.1 Å². The maximum absolute atomic E-state index is 10.2. The van der Waals surface area contributed by atoms with Crippen LogP contribution in [0.3, 0.4) is 0 Å². The van der Waals surface area contributed by atoms with Crippen LogP contribution in [0.1, 0.15) is 11.1 Å². The number of thioether (sulfide) groups is 1. The highest BCUT2D eigenvalue weighted by Gasteiger charge is 2.45. The van der Waals surface area contributed by atoms with Gasteiger partial charge in [0.1, 0.15) is 37.8 Å². The van der Waals surface area contributed by atoms with Gasteiger partial charge in [0.15, 0.2) is 12.0 Å². The van der Waals surface area contributed by atoms with E-state index < -0.39 is 37.5 Å². The zero-order valence-electron chi connectivity index (χ0n) is 18.0. The maximum atomic E-state index is 10.2. The molecule has 9 nitrogen and oxygen atoms in total. The molecule has 0 unspecified atom stereocenters. The molecule has 178 valence electrons. The number of benzene rings is 2. The van der Waals surface area contributed by atoms with E-state index in [1.807, 2.05) is 24.6 Å². The highest BCUT2D eigenvalue weighted by Crippen LogP contribution is 2.31. The molecule has 5 atom stereocenters. The fourth-order valence-electron chi connectivity index (χ4n) is 3.88. The molecule has 4 rings (SSSR count). The van der Waals surface area contributed by atoms with E-state index in [4.69, 9.17) is 24.4 Å². The van der Waals surface area contributed by atoms with Crippen LogP contribution in [0.2, 0.25) is 0 Å². The van der Waals surface area contributed by atoms with E-state index in [2.05, 4.69) is 29.2 Å². The van der Waals surface area contributed by atoms with Gasteiger partial charge >= 0.3 is 0 Å². The van der Waals surface area contributed by atoms with Crippen LogP contribution in [0, 0.1) is 0 Å². The Labute approximate surface area is 194 Å². The van der Waals surface area contributed by atoms with Gasteiger partial charge in [-0.1, -0.05) is 18.2 Å². The Kier molecular flexibility index (Phi) is 7.89. The third kappa shape index (κ3) is 5.34. The molecular weight excluding hydrogens is 450 g/mol. The van der Waals surface area contributed by atoms with Crippen molar-refractivity contribution in [2.24, 2.45) is 0 Å². The lowest BCUT2D eigenvalue weighted by Crippen LogP contribution is -2.59. The standard InChI is InChI=1S/C23H27NO8S/c1-33-15-7-5-13(6-8-15)9-14-10-24-16-3-2-4-17(19(14)16)32-30-11-18-20(26)21(27)22(29-12-25)23(28)31-18/h2-8,10,18,20-28H,9,11-12H2,1H3/t18-,20-,21+,22-,23-/m1/s1. The topological polar surface area (TPSA) is 134 Å². The minimum Gasteiger partial charge on any atom is -0.387 e. The largest absolute Gasteiger partial charge is 0.387 e. The third-order valence-corrected chi connectivity index (χ3v) is 6.36. The van der Waals surface area contributed by atoms with Crippen molar-refractivity contribution >= 4 is 22.7 Å². The fraction of sp³-hybridized carbons (Fsp3) is 0.391. The second-order valence-electron chi connectivity index (χ2n) is 7.69. The molecule has 0 bridgehead atoms. The number of aromatic nitrogens is 1. The predicted molar refractivity (Wildman–Crippen MR) is 121 cm³/mol. The number of nitrogens with one attached hydrogen (secondary N) is 1. The molecule has 2 aromatic carbocycles. The summed E-state index contributed by atoms with van der Waals surface area (Å²) in [6.45, 7) is -0.989. The Balaban J connectivity index is 1.43. The van der Waals surface area contributed by atoms with Crippen molar-refractivity contribution in [1.29, 1.82) is 0 Å². The minimum absolute atomic E-state index is 0.257. The molecule has 1 aromatic heterocycles. The molecule has 0 saturated carbocycles. The molecule has 0 radical (unpaired) electrons. The van der Waals surface area contributed by atoms with Gasteiger partial charge in [0.05, 0.1) is 0 Å². The quantitative estimate of drug-likeness (QED) is 0.135. The molecule has 1 saturated heterocycles. The monoisotopic (exact) mass is 477 g/mol. The summed E-state index contributed by atoms with van der Waals surface area (Å²) in [6, 6.07) is 13.9. The summed E-state index contributed by atoms with van der Waals surface area (Å²) in [5.41, 5.74) is 3.08. The maximum Gasteiger partial charge on any atom is 0.184 e. The van der Waals surface area contributed by atoms with E-state index in [0.29, 0.717) is 12.2 Å². The molecule has 2 heterocycles. The summed E-state index contributed by atoms with van der Waals surface area (Å²) in [5, 5.41) is 40.1. The lowest BCUT2D eigenvalue weighted by atomic mass is 9.99. The second-order valence-corrected chi connectivity index (χ2v) is 8.57. The van der Waals surface area contributed by atoms with Gasteiger partial charge in [-0.2, -0.15) is 4.89 Å².